The number of anilines is 1. The van der Waals surface area contributed by atoms with Gasteiger partial charge in [-0.15, -0.1) is 0 Å². The van der Waals surface area contributed by atoms with Crippen molar-refractivity contribution in [2.45, 2.75) is 4.90 Å². The number of nitrogens with one attached hydrogen (secondary N) is 1. The van der Waals surface area contributed by atoms with Crippen LogP contribution in [-0.4, -0.2) is 19.8 Å². The first kappa shape index (κ1) is 13.3. The van der Waals surface area contributed by atoms with Crippen molar-refractivity contribution in [1.82, 2.24) is 0 Å². The van der Waals surface area contributed by atoms with E-state index in [0.717, 1.165) is 0 Å². The molecule has 0 aromatic heterocycles. The zero-order valence-corrected chi connectivity index (χ0v) is 9.46. The van der Waals surface area contributed by atoms with E-state index in [4.69, 9.17) is 10.7 Å². The van der Waals surface area contributed by atoms with E-state index < -0.39 is 36.1 Å². The lowest BCUT2D eigenvalue weighted by molar-refractivity contribution is -0.384. The molecule has 0 saturated carbocycles. The summed E-state index contributed by atoms with van der Waals surface area (Å²) in [6.45, 7) is 0. The fraction of sp³-hybridized carbons (Fsp3) is 0. The quantitative estimate of drug-likeness (QED) is 0.387. The summed E-state index contributed by atoms with van der Waals surface area (Å²) >= 11 is 0. The van der Waals surface area contributed by atoms with Crippen molar-refractivity contribution in [2.75, 3.05) is 5.32 Å². The number of nitro benzene ring substituents is 1. The fourth-order valence-electron chi connectivity index (χ4n) is 1.06. The standard InChI is InChI=1S/C7H4ClFN2O5S/c8-17(15,16)7-2-6(11(13)14)5(10-3-12)1-4(7)9/h1-3H,(H,10,12). The van der Waals surface area contributed by atoms with Crippen molar-refractivity contribution in [3.63, 3.8) is 0 Å². The zero-order chi connectivity index (χ0) is 13.2. The highest BCUT2D eigenvalue weighted by molar-refractivity contribution is 8.13. The van der Waals surface area contributed by atoms with Gasteiger partial charge in [0.05, 0.1) is 4.92 Å². The van der Waals surface area contributed by atoms with Gasteiger partial charge < -0.3 is 5.32 Å². The Morgan fingerprint density at radius 1 is 1.47 bits per heavy atom. The molecule has 1 rings (SSSR count). The Morgan fingerprint density at radius 2 is 2.06 bits per heavy atom. The van der Waals surface area contributed by atoms with E-state index in [-0.39, 0.29) is 6.41 Å². The summed E-state index contributed by atoms with van der Waals surface area (Å²) in [5.74, 6) is -1.30. The van der Waals surface area contributed by atoms with Crippen LogP contribution in [0, 0.1) is 15.9 Å². The molecule has 92 valence electrons. The number of nitrogens with zero attached hydrogens (tertiary/aromatic N) is 1. The van der Waals surface area contributed by atoms with Crippen molar-refractivity contribution >= 4 is 37.5 Å². The van der Waals surface area contributed by atoms with Crippen LogP contribution >= 0.6 is 10.7 Å². The number of benzene rings is 1. The molecule has 17 heavy (non-hydrogen) atoms. The van der Waals surface area contributed by atoms with Gasteiger partial charge in [0.25, 0.3) is 14.7 Å². The van der Waals surface area contributed by atoms with Crippen molar-refractivity contribution in [1.29, 1.82) is 0 Å². The smallest absolute Gasteiger partial charge is 0.294 e. The molecule has 0 fully saturated rings. The van der Waals surface area contributed by atoms with Gasteiger partial charge in [0, 0.05) is 22.8 Å². The maximum Gasteiger partial charge on any atom is 0.294 e. The van der Waals surface area contributed by atoms with Gasteiger partial charge in [-0.1, -0.05) is 0 Å². The molecule has 1 N–H and O–H groups in total. The molecule has 0 aliphatic carbocycles. The van der Waals surface area contributed by atoms with E-state index >= 15 is 0 Å². The summed E-state index contributed by atoms with van der Waals surface area (Å²) < 4.78 is 35.1. The Balaban J connectivity index is 3.56. The minimum atomic E-state index is -4.44. The van der Waals surface area contributed by atoms with Crippen molar-refractivity contribution in [3.05, 3.63) is 28.1 Å². The van der Waals surface area contributed by atoms with E-state index in [1.165, 1.54) is 0 Å². The van der Waals surface area contributed by atoms with Gasteiger partial charge in [-0.25, -0.2) is 12.8 Å². The SMILES string of the molecule is O=CNc1cc(F)c(S(=O)(=O)Cl)cc1[N+](=O)[O-]. The zero-order valence-electron chi connectivity index (χ0n) is 7.88. The molecular weight excluding hydrogens is 279 g/mol. The number of hydrogen-bond donors (Lipinski definition) is 1. The molecule has 0 aliphatic heterocycles. The van der Waals surface area contributed by atoms with Gasteiger partial charge in [0.15, 0.2) is 0 Å². The van der Waals surface area contributed by atoms with Gasteiger partial charge in [-0.2, -0.15) is 0 Å². The predicted octanol–water partition coefficient (Wildman–Crippen LogP) is 1.23. The fourth-order valence-corrected chi connectivity index (χ4v) is 1.96. The van der Waals surface area contributed by atoms with Crippen LogP contribution in [0.25, 0.3) is 0 Å². The number of rotatable bonds is 4. The first-order valence-corrected chi connectivity index (χ1v) is 6.21. The van der Waals surface area contributed by atoms with Crippen LogP contribution in [0.5, 0.6) is 0 Å². The Bertz CT molecular complexity index is 588. The predicted molar refractivity (Wildman–Crippen MR) is 55.8 cm³/mol. The highest BCUT2D eigenvalue weighted by atomic mass is 35.7. The lowest BCUT2D eigenvalue weighted by Gasteiger charge is -2.04. The topological polar surface area (TPSA) is 106 Å². The number of amides is 1. The Morgan fingerprint density at radius 3 is 2.47 bits per heavy atom. The molecule has 7 nitrogen and oxygen atoms in total. The molecule has 0 saturated heterocycles. The minimum absolute atomic E-state index is 0.0939. The third-order valence-electron chi connectivity index (χ3n) is 1.72. The van der Waals surface area contributed by atoms with Gasteiger partial charge in [-0.05, 0) is 0 Å². The third-order valence-corrected chi connectivity index (χ3v) is 3.06. The average molecular weight is 283 g/mol. The van der Waals surface area contributed by atoms with E-state index in [0.29, 0.717) is 12.1 Å². The number of carbonyl (C=O) groups is 1. The molecule has 10 heteroatoms. The van der Waals surface area contributed by atoms with Crippen LogP contribution in [-0.2, 0) is 13.8 Å². The maximum absolute atomic E-state index is 13.3. The van der Waals surface area contributed by atoms with Crippen LogP contribution in [0.3, 0.4) is 0 Å². The summed E-state index contributed by atoms with van der Waals surface area (Å²) in [7, 11) is 0.445. The van der Waals surface area contributed by atoms with Gasteiger partial charge in [-0.3, -0.25) is 14.9 Å². The summed E-state index contributed by atoms with van der Waals surface area (Å²) in [5.41, 5.74) is -1.25. The monoisotopic (exact) mass is 282 g/mol. The molecule has 0 atom stereocenters. The molecule has 0 unspecified atom stereocenters. The molecule has 0 bridgehead atoms. The second-order valence-corrected chi connectivity index (χ2v) is 5.29. The van der Waals surface area contributed by atoms with E-state index in [1.807, 2.05) is 5.32 Å². The highest BCUT2D eigenvalue weighted by Gasteiger charge is 2.24. The van der Waals surface area contributed by atoms with Crippen LogP contribution < -0.4 is 5.32 Å². The first-order valence-electron chi connectivity index (χ1n) is 3.90. The van der Waals surface area contributed by atoms with Gasteiger partial charge >= 0.3 is 0 Å². The largest absolute Gasteiger partial charge is 0.323 e. The highest BCUT2D eigenvalue weighted by Crippen LogP contribution is 2.31. The van der Waals surface area contributed by atoms with Crippen molar-refractivity contribution in [3.8, 4) is 0 Å². The summed E-state index contributed by atoms with van der Waals surface area (Å²) in [6, 6.07) is 0.936. The molecule has 1 aromatic rings. The number of hydrogen-bond acceptors (Lipinski definition) is 5. The number of nitro groups is 1. The molecule has 0 spiro atoms. The number of halogens is 2. The van der Waals surface area contributed by atoms with E-state index in [2.05, 4.69) is 0 Å². The lowest BCUT2D eigenvalue weighted by atomic mass is 10.2. The molecule has 1 amide bonds. The first-order chi connectivity index (χ1) is 7.77. The van der Waals surface area contributed by atoms with Crippen molar-refractivity contribution < 1.29 is 22.5 Å². The van der Waals surface area contributed by atoms with E-state index in [9.17, 15) is 27.7 Å². The van der Waals surface area contributed by atoms with Gasteiger partial charge in [0.2, 0.25) is 6.41 Å². The Labute approximate surface area is 98.8 Å². The third kappa shape index (κ3) is 2.88. The Kier molecular flexibility index (Phi) is 3.63. The lowest BCUT2D eigenvalue weighted by Crippen LogP contribution is -2.04. The summed E-state index contributed by atoms with van der Waals surface area (Å²) in [5, 5.41) is 12.5. The molecule has 0 aliphatic rings. The van der Waals surface area contributed by atoms with Crippen molar-refractivity contribution in [2.24, 2.45) is 0 Å². The van der Waals surface area contributed by atoms with Crippen LogP contribution in [0.2, 0.25) is 0 Å². The maximum atomic E-state index is 13.3. The molecular formula is C7H4ClFN2O5S. The Hall–Kier alpha value is -1.74. The molecule has 0 heterocycles. The molecule has 0 radical (unpaired) electrons. The molecule has 1 aromatic carbocycles. The van der Waals surface area contributed by atoms with Gasteiger partial charge in [0.1, 0.15) is 16.4 Å². The van der Waals surface area contributed by atoms with Crippen LogP contribution in [0.1, 0.15) is 0 Å². The van der Waals surface area contributed by atoms with E-state index in [1.54, 1.807) is 0 Å². The normalized spacial score (nSPS) is 10.9. The second-order valence-electron chi connectivity index (χ2n) is 2.76. The minimum Gasteiger partial charge on any atom is -0.323 e. The van der Waals surface area contributed by atoms with Crippen LogP contribution in [0.15, 0.2) is 17.0 Å². The average Bonchev–Trinajstić information content (AvgIpc) is 2.15. The van der Waals surface area contributed by atoms with Crippen LogP contribution in [0.4, 0.5) is 15.8 Å². The second kappa shape index (κ2) is 4.63. The number of carbonyl (C=O) groups excluding carboxylic acids is 1. The summed E-state index contributed by atoms with van der Waals surface area (Å²) in [4.78, 5) is 18.7. The summed E-state index contributed by atoms with van der Waals surface area (Å²) in [6.07, 6.45) is 0.0939.